The molecule has 0 aromatic rings. The minimum absolute atomic E-state index is 0.0760. The fourth-order valence-electron chi connectivity index (χ4n) is 2.58. The molecule has 1 saturated carbocycles. The number of amides is 3. The Balaban J connectivity index is 2.42. The highest BCUT2D eigenvalue weighted by molar-refractivity contribution is 5.74. The van der Waals surface area contributed by atoms with Gasteiger partial charge in [0.2, 0.25) is 0 Å². The molecule has 1 aliphatic rings. The third kappa shape index (κ3) is 6.69. The second-order valence-electron chi connectivity index (χ2n) is 6.47. The largest absolute Gasteiger partial charge is 0.444 e. The van der Waals surface area contributed by atoms with Gasteiger partial charge in [-0.05, 0) is 33.6 Å². The summed E-state index contributed by atoms with van der Waals surface area (Å²) in [6.45, 7) is 6.38. The summed E-state index contributed by atoms with van der Waals surface area (Å²) >= 11 is 0. The van der Waals surface area contributed by atoms with Gasteiger partial charge in [-0.3, -0.25) is 0 Å². The second kappa shape index (κ2) is 8.10. The maximum absolute atomic E-state index is 12.0. The summed E-state index contributed by atoms with van der Waals surface area (Å²) < 4.78 is 5.18. The molecule has 0 aromatic carbocycles. The van der Waals surface area contributed by atoms with E-state index in [-0.39, 0.29) is 12.1 Å². The van der Waals surface area contributed by atoms with Gasteiger partial charge in [-0.2, -0.15) is 0 Å². The molecule has 6 heteroatoms. The molecule has 0 bridgehead atoms. The van der Waals surface area contributed by atoms with Crippen LogP contribution in [0.5, 0.6) is 0 Å². The Morgan fingerprint density at radius 2 is 1.81 bits per heavy atom. The first-order valence-corrected chi connectivity index (χ1v) is 7.78. The summed E-state index contributed by atoms with van der Waals surface area (Å²) in [7, 11) is 1.64. The molecule has 3 amide bonds. The second-order valence-corrected chi connectivity index (χ2v) is 6.47. The SMILES string of the molecule is CNC(=O)N(CCNC(=O)OC(C)(C)C)C1CCCCC1. The van der Waals surface area contributed by atoms with Crippen molar-refractivity contribution in [2.45, 2.75) is 64.5 Å². The van der Waals surface area contributed by atoms with Crippen molar-refractivity contribution in [2.24, 2.45) is 0 Å². The highest BCUT2D eigenvalue weighted by Gasteiger charge is 2.24. The van der Waals surface area contributed by atoms with Crippen LogP contribution in [0.1, 0.15) is 52.9 Å². The van der Waals surface area contributed by atoms with E-state index in [4.69, 9.17) is 4.74 Å². The highest BCUT2D eigenvalue weighted by atomic mass is 16.6. The van der Waals surface area contributed by atoms with Crippen LogP contribution in [0.3, 0.4) is 0 Å². The normalized spacial score (nSPS) is 16.2. The van der Waals surface area contributed by atoms with Gasteiger partial charge < -0.3 is 20.3 Å². The van der Waals surface area contributed by atoms with Crippen LogP contribution in [0.4, 0.5) is 9.59 Å². The molecule has 21 heavy (non-hydrogen) atoms. The number of hydrogen-bond donors (Lipinski definition) is 2. The Morgan fingerprint density at radius 1 is 1.19 bits per heavy atom. The molecule has 0 saturated heterocycles. The lowest BCUT2D eigenvalue weighted by Gasteiger charge is -2.34. The summed E-state index contributed by atoms with van der Waals surface area (Å²) in [5.41, 5.74) is -0.506. The molecule has 0 heterocycles. The van der Waals surface area contributed by atoms with Gasteiger partial charge in [-0.15, -0.1) is 0 Å². The Labute approximate surface area is 127 Å². The zero-order valence-electron chi connectivity index (χ0n) is 13.7. The monoisotopic (exact) mass is 299 g/mol. The molecule has 1 fully saturated rings. The van der Waals surface area contributed by atoms with E-state index in [0.29, 0.717) is 13.1 Å². The topological polar surface area (TPSA) is 70.7 Å². The zero-order chi connectivity index (χ0) is 15.9. The molecule has 6 nitrogen and oxygen atoms in total. The number of urea groups is 1. The average molecular weight is 299 g/mol. The van der Waals surface area contributed by atoms with Crippen molar-refractivity contribution in [3.63, 3.8) is 0 Å². The molecule has 1 aliphatic carbocycles. The Hall–Kier alpha value is -1.46. The van der Waals surface area contributed by atoms with Gasteiger partial charge in [-0.1, -0.05) is 19.3 Å². The molecule has 0 aliphatic heterocycles. The maximum atomic E-state index is 12.0. The minimum atomic E-state index is -0.506. The van der Waals surface area contributed by atoms with Gasteiger partial charge >= 0.3 is 12.1 Å². The average Bonchev–Trinajstić information content (AvgIpc) is 2.42. The molecule has 0 atom stereocenters. The fraction of sp³-hybridized carbons (Fsp3) is 0.867. The van der Waals surface area contributed by atoms with E-state index in [1.54, 1.807) is 7.05 Å². The number of alkyl carbamates (subject to hydrolysis) is 1. The molecule has 1 rings (SSSR count). The van der Waals surface area contributed by atoms with E-state index in [1.165, 1.54) is 6.42 Å². The van der Waals surface area contributed by atoms with Crippen LogP contribution in [0.25, 0.3) is 0 Å². The van der Waals surface area contributed by atoms with Crippen LogP contribution in [0, 0.1) is 0 Å². The lowest BCUT2D eigenvalue weighted by atomic mass is 9.94. The lowest BCUT2D eigenvalue weighted by Crippen LogP contribution is -2.49. The molecule has 2 N–H and O–H groups in total. The number of carbonyl (C=O) groups excluding carboxylic acids is 2. The standard InChI is InChI=1S/C15H29N3O3/c1-15(2,3)21-14(20)17-10-11-18(13(19)16-4)12-8-6-5-7-9-12/h12H,5-11H2,1-4H3,(H,16,19)(H,17,20). The zero-order valence-corrected chi connectivity index (χ0v) is 13.7. The van der Waals surface area contributed by atoms with E-state index in [9.17, 15) is 9.59 Å². The Bertz CT molecular complexity index is 347. The van der Waals surface area contributed by atoms with Gasteiger partial charge in [0.1, 0.15) is 5.60 Å². The summed E-state index contributed by atoms with van der Waals surface area (Å²) in [5, 5.41) is 5.39. The van der Waals surface area contributed by atoms with Crippen molar-refractivity contribution in [1.82, 2.24) is 15.5 Å². The lowest BCUT2D eigenvalue weighted by molar-refractivity contribution is 0.0519. The van der Waals surface area contributed by atoms with Crippen molar-refractivity contribution in [3.05, 3.63) is 0 Å². The number of carbonyl (C=O) groups is 2. The third-order valence-corrected chi connectivity index (χ3v) is 3.51. The van der Waals surface area contributed by atoms with Crippen molar-refractivity contribution in [1.29, 1.82) is 0 Å². The van der Waals surface area contributed by atoms with E-state index >= 15 is 0 Å². The minimum Gasteiger partial charge on any atom is -0.444 e. The Morgan fingerprint density at radius 3 is 2.33 bits per heavy atom. The summed E-state index contributed by atoms with van der Waals surface area (Å²) in [4.78, 5) is 25.4. The third-order valence-electron chi connectivity index (χ3n) is 3.51. The summed E-state index contributed by atoms with van der Waals surface area (Å²) in [6, 6.07) is 0.201. The van der Waals surface area contributed by atoms with Crippen LogP contribution in [-0.2, 0) is 4.74 Å². The molecule has 0 unspecified atom stereocenters. The Kier molecular flexibility index (Phi) is 6.78. The van der Waals surface area contributed by atoms with Crippen LogP contribution < -0.4 is 10.6 Å². The summed E-state index contributed by atoms with van der Waals surface area (Å²) in [6.07, 6.45) is 5.21. The summed E-state index contributed by atoms with van der Waals surface area (Å²) in [5.74, 6) is 0. The smallest absolute Gasteiger partial charge is 0.407 e. The number of nitrogens with zero attached hydrogens (tertiary/aromatic N) is 1. The predicted molar refractivity (Wildman–Crippen MR) is 82.3 cm³/mol. The number of rotatable bonds is 4. The van der Waals surface area contributed by atoms with E-state index in [2.05, 4.69) is 10.6 Å². The quantitative estimate of drug-likeness (QED) is 0.838. The molecular weight excluding hydrogens is 270 g/mol. The molecule has 122 valence electrons. The van der Waals surface area contributed by atoms with Crippen molar-refractivity contribution in [2.75, 3.05) is 20.1 Å². The van der Waals surface area contributed by atoms with Gasteiger partial charge in [0.05, 0.1) is 0 Å². The first-order valence-electron chi connectivity index (χ1n) is 7.78. The first-order chi connectivity index (χ1) is 9.83. The van der Waals surface area contributed by atoms with Crippen molar-refractivity contribution < 1.29 is 14.3 Å². The van der Waals surface area contributed by atoms with Gasteiger partial charge in [0, 0.05) is 26.2 Å². The molecule has 0 spiro atoms. The van der Waals surface area contributed by atoms with Crippen molar-refractivity contribution in [3.8, 4) is 0 Å². The van der Waals surface area contributed by atoms with Crippen molar-refractivity contribution >= 4 is 12.1 Å². The predicted octanol–water partition coefficient (Wildman–Crippen LogP) is 2.49. The van der Waals surface area contributed by atoms with Gasteiger partial charge in [-0.25, -0.2) is 9.59 Å². The van der Waals surface area contributed by atoms with E-state index in [0.717, 1.165) is 25.7 Å². The number of nitrogens with one attached hydrogen (secondary N) is 2. The van der Waals surface area contributed by atoms with Crippen LogP contribution in [0.15, 0.2) is 0 Å². The van der Waals surface area contributed by atoms with Crippen LogP contribution in [0.2, 0.25) is 0 Å². The first kappa shape index (κ1) is 17.6. The van der Waals surface area contributed by atoms with E-state index in [1.807, 2.05) is 25.7 Å². The molecule has 0 radical (unpaired) electrons. The highest BCUT2D eigenvalue weighted by Crippen LogP contribution is 2.22. The van der Waals surface area contributed by atoms with Crippen LogP contribution in [-0.4, -0.2) is 48.8 Å². The van der Waals surface area contributed by atoms with Gasteiger partial charge in [0.25, 0.3) is 0 Å². The van der Waals surface area contributed by atoms with Gasteiger partial charge in [0.15, 0.2) is 0 Å². The maximum Gasteiger partial charge on any atom is 0.407 e. The number of hydrogen-bond acceptors (Lipinski definition) is 3. The fourth-order valence-corrected chi connectivity index (χ4v) is 2.58. The van der Waals surface area contributed by atoms with E-state index < -0.39 is 11.7 Å². The molecule has 0 aromatic heterocycles. The molecular formula is C15H29N3O3. The number of ether oxygens (including phenoxy) is 1. The van der Waals surface area contributed by atoms with Crippen LogP contribution >= 0.6 is 0 Å².